The van der Waals surface area contributed by atoms with Gasteiger partial charge in [-0.1, -0.05) is 19.1 Å². The normalized spacial score (nSPS) is 24.5. The predicted octanol–water partition coefficient (Wildman–Crippen LogP) is 2.36. The maximum absolute atomic E-state index is 5.75. The van der Waals surface area contributed by atoms with E-state index in [1.54, 1.807) is 0 Å². The topological polar surface area (TPSA) is 29.3 Å². The molecule has 1 aromatic carbocycles. The van der Waals surface area contributed by atoms with Crippen LogP contribution in [-0.2, 0) is 6.54 Å². The summed E-state index contributed by atoms with van der Waals surface area (Å²) in [7, 11) is 2.19. The fourth-order valence-corrected chi connectivity index (χ4v) is 2.12. The van der Waals surface area contributed by atoms with Gasteiger partial charge in [-0.05, 0) is 43.0 Å². The zero-order valence-electron chi connectivity index (χ0n) is 9.61. The van der Waals surface area contributed by atoms with E-state index in [-0.39, 0.29) is 0 Å². The molecule has 2 atom stereocenters. The monoisotopic (exact) mass is 204 g/mol. The lowest BCUT2D eigenvalue weighted by Crippen LogP contribution is -2.20. The minimum absolute atomic E-state index is 0.862. The van der Waals surface area contributed by atoms with Gasteiger partial charge in [-0.25, -0.2) is 0 Å². The highest BCUT2D eigenvalue weighted by molar-refractivity contribution is 5.40. The molecule has 0 heterocycles. The molecule has 1 aliphatic rings. The number of nitrogens with two attached hydrogens (primary N) is 1. The quantitative estimate of drug-likeness (QED) is 0.763. The van der Waals surface area contributed by atoms with E-state index in [1.165, 1.54) is 18.5 Å². The van der Waals surface area contributed by atoms with E-state index < -0.39 is 0 Å². The van der Waals surface area contributed by atoms with E-state index in [0.717, 1.165) is 24.1 Å². The van der Waals surface area contributed by atoms with Crippen molar-refractivity contribution in [2.75, 3.05) is 19.3 Å². The van der Waals surface area contributed by atoms with Gasteiger partial charge in [-0.2, -0.15) is 0 Å². The van der Waals surface area contributed by atoms with Crippen LogP contribution in [0.2, 0.25) is 0 Å². The molecule has 2 rings (SSSR count). The van der Waals surface area contributed by atoms with Crippen LogP contribution in [0.25, 0.3) is 0 Å². The van der Waals surface area contributed by atoms with Crippen molar-refractivity contribution in [3.63, 3.8) is 0 Å². The minimum atomic E-state index is 0.862. The van der Waals surface area contributed by atoms with E-state index in [4.69, 9.17) is 5.73 Å². The van der Waals surface area contributed by atoms with Crippen LogP contribution in [0.5, 0.6) is 0 Å². The van der Waals surface area contributed by atoms with Crippen molar-refractivity contribution < 1.29 is 0 Å². The lowest BCUT2D eigenvalue weighted by molar-refractivity contribution is 0.307. The average molecular weight is 204 g/mol. The van der Waals surface area contributed by atoms with Crippen LogP contribution < -0.4 is 5.73 Å². The van der Waals surface area contributed by atoms with E-state index in [0.29, 0.717) is 0 Å². The molecule has 1 saturated carbocycles. The summed E-state index contributed by atoms with van der Waals surface area (Å²) in [4.78, 5) is 2.39. The third-order valence-corrected chi connectivity index (χ3v) is 3.23. The Morgan fingerprint density at radius 2 is 2.20 bits per heavy atom. The van der Waals surface area contributed by atoms with Crippen molar-refractivity contribution in [2.45, 2.75) is 19.9 Å². The zero-order chi connectivity index (χ0) is 10.8. The Morgan fingerprint density at radius 1 is 1.47 bits per heavy atom. The highest BCUT2D eigenvalue weighted by Gasteiger charge is 2.32. The summed E-state index contributed by atoms with van der Waals surface area (Å²) in [5.41, 5.74) is 7.92. The smallest absolute Gasteiger partial charge is 0.0317 e. The maximum atomic E-state index is 5.75. The molecule has 1 aromatic rings. The molecule has 2 nitrogen and oxygen atoms in total. The number of rotatable bonds is 4. The summed E-state index contributed by atoms with van der Waals surface area (Å²) in [6, 6.07) is 8.17. The molecular weight excluding hydrogens is 184 g/mol. The number of hydrogen-bond acceptors (Lipinski definition) is 2. The Balaban J connectivity index is 1.85. The van der Waals surface area contributed by atoms with Gasteiger partial charge >= 0.3 is 0 Å². The van der Waals surface area contributed by atoms with Gasteiger partial charge in [0.15, 0.2) is 0 Å². The Morgan fingerprint density at radius 3 is 2.80 bits per heavy atom. The second-order valence-corrected chi connectivity index (χ2v) is 4.91. The van der Waals surface area contributed by atoms with E-state index in [1.807, 2.05) is 12.1 Å². The van der Waals surface area contributed by atoms with Crippen LogP contribution in [0.4, 0.5) is 5.69 Å². The van der Waals surface area contributed by atoms with Gasteiger partial charge < -0.3 is 10.6 Å². The summed E-state index contributed by atoms with van der Waals surface area (Å²) in [6.07, 6.45) is 1.40. The van der Waals surface area contributed by atoms with Gasteiger partial charge in [0.25, 0.3) is 0 Å². The van der Waals surface area contributed by atoms with E-state index in [2.05, 4.69) is 31.0 Å². The first-order valence-electron chi connectivity index (χ1n) is 5.68. The molecule has 0 aromatic heterocycles. The minimum Gasteiger partial charge on any atom is -0.399 e. The molecule has 2 heteroatoms. The Bertz CT molecular complexity index is 335. The van der Waals surface area contributed by atoms with Crippen molar-refractivity contribution in [1.29, 1.82) is 0 Å². The van der Waals surface area contributed by atoms with Gasteiger partial charge in [0, 0.05) is 18.8 Å². The summed E-state index contributed by atoms with van der Waals surface area (Å²) >= 11 is 0. The standard InChI is InChI=1S/C13H20N2/c1-10-6-12(10)9-15(2)8-11-4-3-5-13(14)7-11/h3-5,7,10,12H,6,8-9,14H2,1-2H3. The van der Waals surface area contributed by atoms with E-state index >= 15 is 0 Å². The second kappa shape index (κ2) is 4.23. The van der Waals surface area contributed by atoms with Crippen LogP contribution in [-0.4, -0.2) is 18.5 Å². The summed E-state index contributed by atoms with van der Waals surface area (Å²) < 4.78 is 0. The fourth-order valence-electron chi connectivity index (χ4n) is 2.12. The third-order valence-electron chi connectivity index (χ3n) is 3.23. The fraction of sp³-hybridized carbons (Fsp3) is 0.538. The summed E-state index contributed by atoms with van der Waals surface area (Å²) in [5.74, 6) is 1.87. The summed E-state index contributed by atoms with van der Waals surface area (Å²) in [5, 5.41) is 0. The van der Waals surface area contributed by atoms with Gasteiger partial charge in [-0.15, -0.1) is 0 Å². The van der Waals surface area contributed by atoms with Gasteiger partial charge in [-0.3, -0.25) is 0 Å². The molecule has 1 aliphatic carbocycles. The van der Waals surface area contributed by atoms with Gasteiger partial charge in [0.2, 0.25) is 0 Å². The lowest BCUT2D eigenvalue weighted by atomic mass is 10.2. The predicted molar refractivity (Wildman–Crippen MR) is 64.5 cm³/mol. The van der Waals surface area contributed by atoms with Crippen LogP contribution in [0.15, 0.2) is 24.3 Å². The van der Waals surface area contributed by atoms with Crippen LogP contribution in [0, 0.1) is 11.8 Å². The average Bonchev–Trinajstić information content (AvgIpc) is 2.81. The molecule has 1 fully saturated rings. The second-order valence-electron chi connectivity index (χ2n) is 4.91. The van der Waals surface area contributed by atoms with Crippen molar-refractivity contribution in [2.24, 2.45) is 11.8 Å². The third kappa shape index (κ3) is 2.96. The first-order valence-corrected chi connectivity index (χ1v) is 5.68. The molecule has 0 spiro atoms. The van der Waals surface area contributed by atoms with Gasteiger partial charge in [0.05, 0.1) is 0 Å². The molecule has 0 bridgehead atoms. The molecule has 2 unspecified atom stereocenters. The first-order chi connectivity index (χ1) is 7.15. The molecule has 15 heavy (non-hydrogen) atoms. The van der Waals surface area contributed by atoms with Crippen LogP contribution in [0.3, 0.4) is 0 Å². The largest absolute Gasteiger partial charge is 0.399 e. The van der Waals surface area contributed by atoms with Crippen molar-refractivity contribution in [1.82, 2.24) is 4.90 Å². The molecule has 0 radical (unpaired) electrons. The molecule has 0 aliphatic heterocycles. The van der Waals surface area contributed by atoms with Crippen molar-refractivity contribution in [3.8, 4) is 0 Å². The summed E-state index contributed by atoms with van der Waals surface area (Å²) in [6.45, 7) is 4.56. The number of nitrogen functional groups attached to an aromatic ring is 1. The molecule has 82 valence electrons. The number of anilines is 1. The van der Waals surface area contributed by atoms with Gasteiger partial charge in [0.1, 0.15) is 0 Å². The van der Waals surface area contributed by atoms with Crippen molar-refractivity contribution in [3.05, 3.63) is 29.8 Å². The molecule has 0 saturated heterocycles. The van der Waals surface area contributed by atoms with Crippen molar-refractivity contribution >= 4 is 5.69 Å². The van der Waals surface area contributed by atoms with Crippen LogP contribution in [0.1, 0.15) is 18.9 Å². The molecular formula is C13H20N2. The highest BCUT2D eigenvalue weighted by Crippen LogP contribution is 2.38. The Hall–Kier alpha value is -1.02. The van der Waals surface area contributed by atoms with Crippen LogP contribution >= 0.6 is 0 Å². The molecule has 2 N–H and O–H groups in total. The Kier molecular flexibility index (Phi) is 2.96. The number of benzene rings is 1. The maximum Gasteiger partial charge on any atom is 0.0317 e. The Labute approximate surface area is 92.1 Å². The number of nitrogens with zero attached hydrogens (tertiary/aromatic N) is 1. The lowest BCUT2D eigenvalue weighted by Gasteiger charge is -2.16. The highest BCUT2D eigenvalue weighted by atomic mass is 15.1. The molecule has 0 amide bonds. The van der Waals surface area contributed by atoms with E-state index in [9.17, 15) is 0 Å². The first kappa shape index (κ1) is 10.5. The zero-order valence-corrected chi connectivity index (χ0v) is 9.61. The number of hydrogen-bond donors (Lipinski definition) is 1. The SMILES string of the molecule is CC1CC1CN(C)Cc1cccc(N)c1.